The number of fused-ring (bicyclic) bond motifs is 2. The highest BCUT2D eigenvalue weighted by Crippen LogP contribution is 2.37. The van der Waals surface area contributed by atoms with Gasteiger partial charge in [0.1, 0.15) is 0 Å². The van der Waals surface area contributed by atoms with E-state index >= 15 is 0 Å². The number of hydrogen-bond donors (Lipinski definition) is 1. The lowest BCUT2D eigenvalue weighted by Crippen LogP contribution is -2.23. The molecule has 1 heterocycles. The summed E-state index contributed by atoms with van der Waals surface area (Å²) in [7, 11) is 0. The van der Waals surface area contributed by atoms with Crippen molar-refractivity contribution >= 4 is 23.0 Å². The van der Waals surface area contributed by atoms with E-state index in [0.717, 1.165) is 30.0 Å². The zero-order valence-electron chi connectivity index (χ0n) is 12.0. The molecule has 0 fully saturated rings. The molecule has 21 heavy (non-hydrogen) atoms. The molecule has 1 aliphatic rings. The van der Waals surface area contributed by atoms with Crippen molar-refractivity contribution in [1.29, 1.82) is 0 Å². The highest BCUT2D eigenvalue weighted by molar-refractivity contribution is 6.30. The maximum Gasteiger partial charge on any atom is 0.0461 e. The highest BCUT2D eigenvalue weighted by atomic mass is 35.5. The van der Waals surface area contributed by atoms with Crippen molar-refractivity contribution in [3.8, 4) is 0 Å². The number of nitrogens with zero attached hydrogens (tertiary/aromatic N) is 1. The normalized spacial score (nSPS) is 13.3. The molecule has 2 aromatic carbocycles. The van der Waals surface area contributed by atoms with Crippen LogP contribution in [0.5, 0.6) is 0 Å². The second kappa shape index (κ2) is 5.92. The molecule has 2 nitrogen and oxygen atoms in total. The Bertz CT molecular complexity index is 679. The molecule has 0 saturated carbocycles. The monoisotopic (exact) mass is 298 g/mol. The van der Waals surface area contributed by atoms with E-state index in [1.165, 1.54) is 22.5 Å². The van der Waals surface area contributed by atoms with E-state index in [1.807, 2.05) is 12.1 Å². The van der Waals surface area contributed by atoms with Gasteiger partial charge in [-0.1, -0.05) is 42.4 Å². The summed E-state index contributed by atoms with van der Waals surface area (Å²) in [6.45, 7) is 5.28. The summed E-state index contributed by atoms with van der Waals surface area (Å²) in [6, 6.07) is 14.7. The Balaban J connectivity index is 2.14. The van der Waals surface area contributed by atoms with Crippen molar-refractivity contribution in [1.82, 2.24) is 0 Å². The van der Waals surface area contributed by atoms with Gasteiger partial charge >= 0.3 is 0 Å². The zero-order valence-corrected chi connectivity index (χ0v) is 12.7. The van der Waals surface area contributed by atoms with Gasteiger partial charge in [-0.2, -0.15) is 0 Å². The third kappa shape index (κ3) is 2.82. The third-order valence-electron chi connectivity index (χ3n) is 3.95. The molecule has 1 aliphatic heterocycles. The van der Waals surface area contributed by atoms with Crippen molar-refractivity contribution in [2.45, 2.75) is 12.8 Å². The molecule has 0 unspecified atom stereocenters. The topological polar surface area (TPSA) is 29.3 Å². The van der Waals surface area contributed by atoms with Crippen LogP contribution in [-0.2, 0) is 12.8 Å². The number of halogens is 1. The molecule has 0 spiro atoms. The molecular formula is C18H19ClN2. The first-order chi connectivity index (χ1) is 10.2. The minimum atomic E-state index is 0.495. The quantitative estimate of drug-likeness (QED) is 0.865. The van der Waals surface area contributed by atoms with Crippen LogP contribution in [0.4, 0.5) is 11.4 Å². The van der Waals surface area contributed by atoms with E-state index in [1.54, 1.807) is 0 Å². The minimum absolute atomic E-state index is 0.495. The van der Waals surface area contributed by atoms with Crippen molar-refractivity contribution < 1.29 is 0 Å². The fourth-order valence-corrected chi connectivity index (χ4v) is 3.01. The Labute approximate surface area is 130 Å². The number of aryl methyl sites for hydroxylation is 2. The second-order valence-corrected chi connectivity index (χ2v) is 5.88. The van der Waals surface area contributed by atoms with Crippen LogP contribution in [0.15, 0.2) is 54.6 Å². The van der Waals surface area contributed by atoms with E-state index in [4.69, 9.17) is 17.3 Å². The summed E-state index contributed by atoms with van der Waals surface area (Å²) in [5.41, 5.74) is 11.8. The second-order valence-electron chi connectivity index (χ2n) is 5.44. The van der Waals surface area contributed by atoms with Crippen LogP contribution in [0.3, 0.4) is 0 Å². The van der Waals surface area contributed by atoms with Gasteiger partial charge in [0.25, 0.3) is 0 Å². The molecule has 108 valence electrons. The highest BCUT2D eigenvalue weighted by Gasteiger charge is 2.20. The van der Waals surface area contributed by atoms with Crippen LogP contribution < -0.4 is 10.6 Å². The Morgan fingerprint density at radius 2 is 1.81 bits per heavy atom. The first-order valence-electron chi connectivity index (χ1n) is 7.19. The van der Waals surface area contributed by atoms with Crippen LogP contribution in [0.2, 0.25) is 5.02 Å². The zero-order chi connectivity index (χ0) is 14.8. The molecule has 2 N–H and O–H groups in total. The molecular weight excluding hydrogens is 280 g/mol. The van der Waals surface area contributed by atoms with Gasteiger partial charge in [-0.3, -0.25) is 0 Å². The van der Waals surface area contributed by atoms with E-state index < -0.39 is 0 Å². The molecule has 0 radical (unpaired) electrons. The maximum atomic E-state index is 6.22. The number of rotatable bonds is 3. The van der Waals surface area contributed by atoms with Crippen LogP contribution in [0.25, 0.3) is 0 Å². The molecule has 0 saturated heterocycles. The average Bonchev–Trinajstić information content (AvgIpc) is 2.65. The van der Waals surface area contributed by atoms with Crippen LogP contribution >= 0.6 is 11.6 Å². The lowest BCUT2D eigenvalue weighted by Gasteiger charge is -2.27. The van der Waals surface area contributed by atoms with Gasteiger partial charge < -0.3 is 10.6 Å². The van der Waals surface area contributed by atoms with E-state index in [2.05, 4.69) is 41.8 Å². The maximum absolute atomic E-state index is 6.22. The summed E-state index contributed by atoms with van der Waals surface area (Å²) >= 11 is 6.22. The summed E-state index contributed by atoms with van der Waals surface area (Å²) in [4.78, 5) is 2.29. The van der Waals surface area contributed by atoms with Crippen molar-refractivity contribution in [3.63, 3.8) is 0 Å². The molecule has 3 heteroatoms. The minimum Gasteiger partial charge on any atom is -0.337 e. The average molecular weight is 299 g/mol. The van der Waals surface area contributed by atoms with Crippen LogP contribution in [0, 0.1) is 0 Å². The van der Waals surface area contributed by atoms with Crippen molar-refractivity contribution in [2.24, 2.45) is 5.73 Å². The fraction of sp³-hybridized carbons (Fsp3) is 0.222. The molecule has 0 amide bonds. The lowest BCUT2D eigenvalue weighted by molar-refractivity contribution is 0.977. The molecule has 0 aromatic heterocycles. The SMILES string of the molecule is C=C(CN)CN1c2ccccc2CCc2ccc(Cl)cc21. The fourth-order valence-electron chi connectivity index (χ4n) is 2.84. The van der Waals surface area contributed by atoms with E-state index in [9.17, 15) is 0 Å². The largest absolute Gasteiger partial charge is 0.337 e. The van der Waals surface area contributed by atoms with E-state index in [-0.39, 0.29) is 0 Å². The van der Waals surface area contributed by atoms with Gasteiger partial charge in [-0.05, 0) is 47.7 Å². The Hall–Kier alpha value is -1.77. The number of benzene rings is 2. The molecule has 3 rings (SSSR count). The first kappa shape index (κ1) is 14.2. The standard InChI is InChI=1S/C18H19ClN2/c1-13(11-20)12-21-17-5-3-2-4-14(17)6-7-15-8-9-16(19)10-18(15)21/h2-5,8-10H,1,6-7,11-12,20H2. The molecule has 0 bridgehead atoms. The van der Waals surface area contributed by atoms with Crippen LogP contribution in [-0.4, -0.2) is 13.1 Å². The number of anilines is 2. The van der Waals surface area contributed by atoms with Gasteiger partial charge in [0, 0.05) is 29.5 Å². The summed E-state index contributed by atoms with van der Waals surface area (Å²) in [5, 5.41) is 0.761. The van der Waals surface area contributed by atoms with Gasteiger partial charge in [0.05, 0.1) is 0 Å². The van der Waals surface area contributed by atoms with Crippen molar-refractivity contribution in [3.05, 3.63) is 70.8 Å². The van der Waals surface area contributed by atoms with Gasteiger partial charge in [-0.25, -0.2) is 0 Å². The number of para-hydroxylation sites is 1. The first-order valence-corrected chi connectivity index (χ1v) is 7.57. The predicted molar refractivity (Wildman–Crippen MR) is 90.5 cm³/mol. The predicted octanol–water partition coefficient (Wildman–Crippen LogP) is 4.09. The Morgan fingerprint density at radius 1 is 1.10 bits per heavy atom. The van der Waals surface area contributed by atoms with Crippen molar-refractivity contribution in [2.75, 3.05) is 18.0 Å². The van der Waals surface area contributed by atoms with E-state index in [0.29, 0.717) is 6.54 Å². The lowest BCUT2D eigenvalue weighted by atomic mass is 10.0. The van der Waals surface area contributed by atoms with Gasteiger partial charge in [-0.15, -0.1) is 0 Å². The molecule has 0 aliphatic carbocycles. The van der Waals surface area contributed by atoms with Crippen LogP contribution in [0.1, 0.15) is 11.1 Å². The number of nitrogens with two attached hydrogens (primary N) is 1. The summed E-state index contributed by atoms with van der Waals surface area (Å²) in [6.07, 6.45) is 2.06. The van der Waals surface area contributed by atoms with Gasteiger partial charge in [0.2, 0.25) is 0 Å². The summed E-state index contributed by atoms with van der Waals surface area (Å²) < 4.78 is 0. The third-order valence-corrected chi connectivity index (χ3v) is 4.19. The Morgan fingerprint density at radius 3 is 2.57 bits per heavy atom. The molecule has 0 atom stereocenters. The summed E-state index contributed by atoms with van der Waals surface area (Å²) in [5.74, 6) is 0. The Kier molecular flexibility index (Phi) is 4.00. The number of hydrogen-bond acceptors (Lipinski definition) is 2. The van der Waals surface area contributed by atoms with Gasteiger partial charge in [0.15, 0.2) is 0 Å². The smallest absolute Gasteiger partial charge is 0.0461 e. The molecule has 2 aromatic rings.